The van der Waals surface area contributed by atoms with Crippen LogP contribution in [-0.2, 0) is 17.6 Å². The van der Waals surface area contributed by atoms with Crippen molar-refractivity contribution in [1.29, 1.82) is 0 Å². The van der Waals surface area contributed by atoms with E-state index in [1.54, 1.807) is 0 Å². The first kappa shape index (κ1) is 24.6. The SMILES string of the molecule is CCc1ccc(Nc2nc(NCC(=O)Nc3ccc(F)cc3)nc(Nc3ccc(CC)cc3)n2)cc1. The molecule has 0 fully saturated rings. The van der Waals surface area contributed by atoms with Gasteiger partial charge in [0.05, 0.1) is 6.54 Å². The van der Waals surface area contributed by atoms with Gasteiger partial charge < -0.3 is 21.3 Å². The van der Waals surface area contributed by atoms with Crippen molar-refractivity contribution in [2.75, 3.05) is 27.8 Å². The Hall–Kier alpha value is -4.53. The van der Waals surface area contributed by atoms with Gasteiger partial charge in [0.15, 0.2) is 0 Å². The molecule has 0 unspecified atom stereocenters. The molecule has 9 heteroatoms. The molecule has 1 aromatic heterocycles. The summed E-state index contributed by atoms with van der Waals surface area (Å²) in [7, 11) is 0. The first-order chi connectivity index (χ1) is 17.5. The summed E-state index contributed by atoms with van der Waals surface area (Å²) in [6.07, 6.45) is 1.90. The molecule has 0 spiro atoms. The normalized spacial score (nSPS) is 10.5. The third-order valence-electron chi connectivity index (χ3n) is 5.41. The van der Waals surface area contributed by atoms with Crippen LogP contribution in [0.5, 0.6) is 0 Å². The number of rotatable bonds is 10. The molecule has 0 aliphatic carbocycles. The third kappa shape index (κ3) is 6.99. The predicted molar refractivity (Wildman–Crippen MR) is 142 cm³/mol. The largest absolute Gasteiger partial charge is 0.345 e. The molecular formula is C27H28FN7O. The maximum absolute atomic E-state index is 13.1. The third-order valence-corrected chi connectivity index (χ3v) is 5.41. The highest BCUT2D eigenvalue weighted by Gasteiger charge is 2.10. The first-order valence-corrected chi connectivity index (χ1v) is 11.8. The van der Waals surface area contributed by atoms with Crippen molar-refractivity contribution in [1.82, 2.24) is 15.0 Å². The number of aromatic nitrogens is 3. The smallest absolute Gasteiger partial charge is 0.243 e. The Kier molecular flexibility index (Phi) is 8.02. The maximum Gasteiger partial charge on any atom is 0.243 e. The van der Waals surface area contributed by atoms with Gasteiger partial charge in [0, 0.05) is 17.1 Å². The molecule has 0 saturated carbocycles. The summed E-state index contributed by atoms with van der Waals surface area (Å²) in [5.74, 6) is 0.174. The molecule has 0 aliphatic rings. The maximum atomic E-state index is 13.1. The summed E-state index contributed by atoms with van der Waals surface area (Å²) in [4.78, 5) is 25.7. The van der Waals surface area contributed by atoms with Gasteiger partial charge in [0.25, 0.3) is 0 Å². The van der Waals surface area contributed by atoms with Gasteiger partial charge in [-0.1, -0.05) is 38.1 Å². The van der Waals surface area contributed by atoms with E-state index < -0.39 is 0 Å². The lowest BCUT2D eigenvalue weighted by Crippen LogP contribution is -2.23. The average Bonchev–Trinajstić information content (AvgIpc) is 2.90. The average molecular weight is 486 g/mol. The fraction of sp³-hybridized carbons (Fsp3) is 0.185. The number of hydrogen-bond donors (Lipinski definition) is 4. The van der Waals surface area contributed by atoms with Crippen LogP contribution in [0.1, 0.15) is 25.0 Å². The van der Waals surface area contributed by atoms with Gasteiger partial charge in [0.1, 0.15) is 5.82 Å². The second kappa shape index (κ2) is 11.7. The molecule has 36 heavy (non-hydrogen) atoms. The summed E-state index contributed by atoms with van der Waals surface area (Å²) in [5.41, 5.74) is 4.61. The van der Waals surface area contributed by atoms with Crippen molar-refractivity contribution in [2.24, 2.45) is 0 Å². The number of hydrogen-bond acceptors (Lipinski definition) is 7. The molecule has 0 aliphatic heterocycles. The molecule has 3 aromatic carbocycles. The van der Waals surface area contributed by atoms with E-state index in [1.807, 2.05) is 48.5 Å². The van der Waals surface area contributed by atoms with Gasteiger partial charge >= 0.3 is 0 Å². The number of aryl methyl sites for hydroxylation is 2. The van der Waals surface area contributed by atoms with E-state index in [0.29, 0.717) is 17.6 Å². The predicted octanol–water partition coefficient (Wildman–Crippen LogP) is 5.67. The van der Waals surface area contributed by atoms with Crippen LogP contribution in [0.4, 0.5) is 39.3 Å². The number of nitrogens with one attached hydrogen (secondary N) is 4. The molecule has 4 aromatic rings. The van der Waals surface area contributed by atoms with Crippen LogP contribution >= 0.6 is 0 Å². The number of carbonyl (C=O) groups is 1. The Bertz CT molecular complexity index is 1230. The highest BCUT2D eigenvalue weighted by atomic mass is 19.1. The number of amides is 1. The van der Waals surface area contributed by atoms with E-state index in [-0.39, 0.29) is 24.2 Å². The zero-order valence-electron chi connectivity index (χ0n) is 20.2. The van der Waals surface area contributed by atoms with Gasteiger partial charge in [-0.2, -0.15) is 15.0 Å². The molecule has 0 atom stereocenters. The molecule has 0 saturated heterocycles. The van der Waals surface area contributed by atoms with Crippen molar-refractivity contribution < 1.29 is 9.18 Å². The zero-order valence-corrected chi connectivity index (χ0v) is 20.2. The Morgan fingerprint density at radius 2 is 1.11 bits per heavy atom. The van der Waals surface area contributed by atoms with Crippen LogP contribution in [-0.4, -0.2) is 27.4 Å². The quantitative estimate of drug-likeness (QED) is 0.229. The van der Waals surface area contributed by atoms with E-state index in [0.717, 1.165) is 24.2 Å². The number of benzene rings is 3. The van der Waals surface area contributed by atoms with Crippen molar-refractivity contribution >= 4 is 40.8 Å². The lowest BCUT2D eigenvalue weighted by atomic mass is 10.1. The summed E-state index contributed by atoms with van der Waals surface area (Å²) in [5, 5.41) is 12.0. The van der Waals surface area contributed by atoms with Crippen LogP contribution in [0.2, 0.25) is 0 Å². The first-order valence-electron chi connectivity index (χ1n) is 11.8. The monoisotopic (exact) mass is 485 g/mol. The van der Waals surface area contributed by atoms with Gasteiger partial charge in [-0.25, -0.2) is 4.39 Å². The Labute approximate surface area is 209 Å². The summed E-state index contributed by atoms with van der Waals surface area (Å²) < 4.78 is 13.1. The van der Waals surface area contributed by atoms with Crippen LogP contribution in [0, 0.1) is 5.82 Å². The van der Waals surface area contributed by atoms with E-state index >= 15 is 0 Å². The zero-order chi connectivity index (χ0) is 25.3. The lowest BCUT2D eigenvalue weighted by molar-refractivity contribution is -0.114. The topological polar surface area (TPSA) is 104 Å². The molecular weight excluding hydrogens is 457 g/mol. The van der Waals surface area contributed by atoms with E-state index in [1.165, 1.54) is 35.4 Å². The highest BCUT2D eigenvalue weighted by molar-refractivity contribution is 5.93. The molecule has 4 rings (SSSR count). The summed E-state index contributed by atoms with van der Waals surface area (Å²) in [6.45, 7) is 4.11. The van der Waals surface area contributed by atoms with E-state index in [4.69, 9.17) is 0 Å². The standard InChI is InChI=1S/C27H28FN7O/c1-3-18-5-11-22(12-6-18)31-26-33-25(29-17-24(36)30-21-15-9-20(28)10-16-21)34-27(35-26)32-23-13-7-19(4-2)8-14-23/h5-16H,3-4,17H2,1-2H3,(H,30,36)(H3,29,31,32,33,34,35). The molecule has 0 radical (unpaired) electrons. The minimum Gasteiger partial charge on any atom is -0.345 e. The highest BCUT2D eigenvalue weighted by Crippen LogP contribution is 2.20. The van der Waals surface area contributed by atoms with Crippen LogP contribution in [0.25, 0.3) is 0 Å². The number of nitrogens with zero attached hydrogens (tertiary/aromatic N) is 3. The summed E-state index contributed by atoms with van der Waals surface area (Å²) >= 11 is 0. The number of carbonyl (C=O) groups excluding carboxylic acids is 1. The second-order valence-corrected chi connectivity index (χ2v) is 8.07. The minimum absolute atomic E-state index is 0.0866. The number of anilines is 6. The second-order valence-electron chi connectivity index (χ2n) is 8.07. The lowest BCUT2D eigenvalue weighted by Gasteiger charge is -2.12. The van der Waals surface area contributed by atoms with Crippen LogP contribution in [0.3, 0.4) is 0 Å². The van der Waals surface area contributed by atoms with Crippen LogP contribution < -0.4 is 21.3 Å². The molecule has 184 valence electrons. The van der Waals surface area contributed by atoms with Gasteiger partial charge in [-0.05, 0) is 72.5 Å². The van der Waals surface area contributed by atoms with Crippen LogP contribution in [0.15, 0.2) is 72.8 Å². The van der Waals surface area contributed by atoms with E-state index in [2.05, 4.69) is 50.1 Å². The number of halogens is 1. The van der Waals surface area contributed by atoms with Crippen molar-refractivity contribution in [2.45, 2.75) is 26.7 Å². The Morgan fingerprint density at radius 1 is 0.667 bits per heavy atom. The fourth-order valence-electron chi connectivity index (χ4n) is 3.37. The van der Waals surface area contributed by atoms with Crippen molar-refractivity contribution in [3.05, 3.63) is 89.7 Å². The van der Waals surface area contributed by atoms with Crippen molar-refractivity contribution in [3.8, 4) is 0 Å². The molecule has 4 N–H and O–H groups in total. The van der Waals surface area contributed by atoms with E-state index in [9.17, 15) is 9.18 Å². The molecule has 8 nitrogen and oxygen atoms in total. The molecule has 1 amide bonds. The Morgan fingerprint density at radius 3 is 1.58 bits per heavy atom. The molecule has 0 bridgehead atoms. The fourth-order valence-corrected chi connectivity index (χ4v) is 3.37. The summed E-state index contributed by atoms with van der Waals surface area (Å²) in [6, 6.07) is 21.6. The minimum atomic E-state index is -0.370. The van der Waals surface area contributed by atoms with Gasteiger partial charge in [0.2, 0.25) is 23.8 Å². The van der Waals surface area contributed by atoms with Gasteiger partial charge in [-0.3, -0.25) is 4.79 Å². The Balaban J connectivity index is 1.50. The molecule has 1 heterocycles. The van der Waals surface area contributed by atoms with Gasteiger partial charge in [-0.15, -0.1) is 0 Å². The van der Waals surface area contributed by atoms with Crippen molar-refractivity contribution in [3.63, 3.8) is 0 Å².